The van der Waals surface area contributed by atoms with Crippen LogP contribution < -0.4 is 10.2 Å². The Morgan fingerprint density at radius 3 is 2.95 bits per heavy atom. The SMILES string of the molecule is CCCNCc1ccc(Br)cc1N1CCCCC1C. The van der Waals surface area contributed by atoms with Crippen LogP contribution in [0.15, 0.2) is 22.7 Å². The summed E-state index contributed by atoms with van der Waals surface area (Å²) in [5.74, 6) is 0. The fourth-order valence-corrected chi connectivity index (χ4v) is 3.16. The molecule has 1 aliphatic heterocycles. The van der Waals surface area contributed by atoms with Crippen molar-refractivity contribution >= 4 is 21.6 Å². The first-order valence-corrected chi connectivity index (χ1v) is 8.27. The molecule has 3 heteroatoms. The van der Waals surface area contributed by atoms with E-state index < -0.39 is 0 Å². The summed E-state index contributed by atoms with van der Waals surface area (Å²) in [6.07, 6.45) is 5.19. The molecule has 19 heavy (non-hydrogen) atoms. The molecule has 1 unspecified atom stereocenters. The molecular formula is C16H25BrN2. The molecule has 1 aromatic rings. The number of benzene rings is 1. The van der Waals surface area contributed by atoms with Gasteiger partial charge in [-0.2, -0.15) is 0 Å². The first-order valence-electron chi connectivity index (χ1n) is 7.48. The number of nitrogens with one attached hydrogen (secondary N) is 1. The number of nitrogens with zero attached hydrogens (tertiary/aromatic N) is 1. The lowest BCUT2D eigenvalue weighted by molar-refractivity contribution is 0.483. The fourth-order valence-electron chi connectivity index (χ4n) is 2.81. The molecule has 1 fully saturated rings. The van der Waals surface area contributed by atoms with Crippen LogP contribution in [0.4, 0.5) is 5.69 Å². The summed E-state index contributed by atoms with van der Waals surface area (Å²) in [5.41, 5.74) is 2.83. The lowest BCUT2D eigenvalue weighted by Gasteiger charge is -2.37. The number of hydrogen-bond acceptors (Lipinski definition) is 2. The Balaban J connectivity index is 2.18. The normalized spacial score (nSPS) is 19.7. The maximum atomic E-state index is 3.62. The molecule has 2 nitrogen and oxygen atoms in total. The van der Waals surface area contributed by atoms with Crippen LogP contribution in [0.2, 0.25) is 0 Å². The quantitative estimate of drug-likeness (QED) is 0.811. The zero-order valence-corrected chi connectivity index (χ0v) is 13.7. The van der Waals surface area contributed by atoms with Crippen molar-refractivity contribution in [2.75, 3.05) is 18.0 Å². The molecule has 0 aromatic heterocycles. The molecule has 1 aliphatic rings. The van der Waals surface area contributed by atoms with E-state index in [1.807, 2.05) is 0 Å². The Bertz CT molecular complexity index is 406. The predicted molar refractivity (Wildman–Crippen MR) is 86.8 cm³/mol. The summed E-state index contributed by atoms with van der Waals surface area (Å²) in [6.45, 7) is 7.81. The molecule has 106 valence electrons. The lowest BCUT2D eigenvalue weighted by Crippen LogP contribution is -2.38. The molecule has 1 aromatic carbocycles. The van der Waals surface area contributed by atoms with Gasteiger partial charge in [0, 0.05) is 29.3 Å². The Labute approximate surface area is 125 Å². The van der Waals surface area contributed by atoms with E-state index in [1.54, 1.807) is 0 Å². The zero-order chi connectivity index (χ0) is 13.7. The van der Waals surface area contributed by atoms with Crippen LogP contribution in [0.1, 0.15) is 45.1 Å². The second-order valence-electron chi connectivity index (χ2n) is 5.49. The topological polar surface area (TPSA) is 15.3 Å². The molecule has 0 radical (unpaired) electrons. The van der Waals surface area contributed by atoms with Crippen molar-refractivity contribution in [3.8, 4) is 0 Å². The predicted octanol–water partition coefficient (Wildman–Crippen LogP) is 4.33. The van der Waals surface area contributed by atoms with Gasteiger partial charge in [0.15, 0.2) is 0 Å². The largest absolute Gasteiger partial charge is 0.369 e. The Hall–Kier alpha value is -0.540. The van der Waals surface area contributed by atoms with Crippen molar-refractivity contribution in [2.24, 2.45) is 0 Å². The van der Waals surface area contributed by atoms with Crippen molar-refractivity contribution in [3.63, 3.8) is 0 Å². The summed E-state index contributed by atoms with van der Waals surface area (Å²) in [5, 5.41) is 3.52. The Morgan fingerprint density at radius 1 is 1.37 bits per heavy atom. The van der Waals surface area contributed by atoms with Gasteiger partial charge < -0.3 is 10.2 Å². The van der Waals surface area contributed by atoms with Crippen LogP contribution in [0.25, 0.3) is 0 Å². The van der Waals surface area contributed by atoms with Crippen LogP contribution >= 0.6 is 15.9 Å². The molecule has 2 rings (SSSR count). The maximum absolute atomic E-state index is 3.62. The van der Waals surface area contributed by atoms with Crippen molar-refractivity contribution < 1.29 is 0 Å². The van der Waals surface area contributed by atoms with Gasteiger partial charge in [0.2, 0.25) is 0 Å². The third kappa shape index (κ3) is 3.96. The monoisotopic (exact) mass is 324 g/mol. The molecule has 0 aliphatic carbocycles. The van der Waals surface area contributed by atoms with Gasteiger partial charge in [0.05, 0.1) is 0 Å². The van der Waals surface area contributed by atoms with E-state index in [9.17, 15) is 0 Å². The molecular weight excluding hydrogens is 300 g/mol. The number of halogens is 1. The average molecular weight is 325 g/mol. The molecule has 0 amide bonds. The molecule has 1 atom stereocenters. The van der Waals surface area contributed by atoms with E-state index in [-0.39, 0.29) is 0 Å². The molecule has 0 saturated carbocycles. The molecule has 1 saturated heterocycles. The van der Waals surface area contributed by atoms with Crippen LogP contribution in [-0.2, 0) is 6.54 Å². The second kappa shape index (κ2) is 7.30. The summed E-state index contributed by atoms with van der Waals surface area (Å²) in [4.78, 5) is 2.58. The van der Waals surface area contributed by atoms with Crippen molar-refractivity contribution in [3.05, 3.63) is 28.2 Å². The minimum Gasteiger partial charge on any atom is -0.369 e. The highest BCUT2D eigenvalue weighted by atomic mass is 79.9. The van der Waals surface area contributed by atoms with Crippen LogP contribution in [0.3, 0.4) is 0 Å². The summed E-state index contributed by atoms with van der Waals surface area (Å²) >= 11 is 3.62. The molecule has 0 spiro atoms. The van der Waals surface area contributed by atoms with Gasteiger partial charge in [-0.1, -0.05) is 28.9 Å². The van der Waals surface area contributed by atoms with Gasteiger partial charge in [0.25, 0.3) is 0 Å². The smallest absolute Gasteiger partial charge is 0.0425 e. The van der Waals surface area contributed by atoms with Crippen LogP contribution in [-0.4, -0.2) is 19.1 Å². The highest BCUT2D eigenvalue weighted by molar-refractivity contribution is 9.10. The highest BCUT2D eigenvalue weighted by Crippen LogP contribution is 2.30. The summed E-state index contributed by atoms with van der Waals surface area (Å²) in [6, 6.07) is 7.35. The van der Waals surface area contributed by atoms with Gasteiger partial charge >= 0.3 is 0 Å². The van der Waals surface area contributed by atoms with Crippen molar-refractivity contribution in [2.45, 2.75) is 52.1 Å². The van der Waals surface area contributed by atoms with Gasteiger partial charge in [-0.15, -0.1) is 0 Å². The van der Waals surface area contributed by atoms with E-state index in [0.717, 1.165) is 13.1 Å². The highest BCUT2D eigenvalue weighted by Gasteiger charge is 2.20. The van der Waals surface area contributed by atoms with Gasteiger partial charge in [-0.3, -0.25) is 0 Å². The van der Waals surface area contributed by atoms with Crippen molar-refractivity contribution in [1.29, 1.82) is 0 Å². The molecule has 1 heterocycles. The van der Waals surface area contributed by atoms with Crippen LogP contribution in [0.5, 0.6) is 0 Å². The van der Waals surface area contributed by atoms with Crippen molar-refractivity contribution in [1.82, 2.24) is 5.32 Å². The number of rotatable bonds is 5. The average Bonchev–Trinajstić information content (AvgIpc) is 2.41. The fraction of sp³-hybridized carbons (Fsp3) is 0.625. The van der Waals surface area contributed by atoms with Crippen LogP contribution in [0, 0.1) is 0 Å². The number of hydrogen-bond donors (Lipinski definition) is 1. The van der Waals surface area contributed by atoms with E-state index in [0.29, 0.717) is 6.04 Å². The van der Waals surface area contributed by atoms with Gasteiger partial charge in [-0.05, 0) is 56.8 Å². The van der Waals surface area contributed by atoms with Gasteiger partial charge in [0.1, 0.15) is 0 Å². The van der Waals surface area contributed by atoms with E-state index >= 15 is 0 Å². The zero-order valence-electron chi connectivity index (χ0n) is 12.1. The number of anilines is 1. The third-order valence-corrected chi connectivity index (χ3v) is 4.40. The van der Waals surface area contributed by atoms with E-state index in [4.69, 9.17) is 0 Å². The third-order valence-electron chi connectivity index (χ3n) is 3.90. The molecule has 0 bridgehead atoms. The minimum absolute atomic E-state index is 0.660. The van der Waals surface area contributed by atoms with E-state index in [2.05, 4.69) is 58.2 Å². The second-order valence-corrected chi connectivity index (χ2v) is 6.40. The minimum atomic E-state index is 0.660. The first kappa shape index (κ1) is 14.9. The Kier molecular flexibility index (Phi) is 5.71. The number of piperidine rings is 1. The standard InChI is InChI=1S/C16H25BrN2/c1-3-9-18-12-14-7-8-15(17)11-16(14)19-10-5-4-6-13(19)2/h7-8,11,13,18H,3-6,9-10,12H2,1-2H3. The Morgan fingerprint density at radius 2 is 2.21 bits per heavy atom. The lowest BCUT2D eigenvalue weighted by atomic mass is 10.0. The van der Waals surface area contributed by atoms with E-state index in [1.165, 1.54) is 48.0 Å². The molecule has 1 N–H and O–H groups in total. The maximum Gasteiger partial charge on any atom is 0.0425 e. The first-order chi connectivity index (χ1) is 9.22. The summed E-state index contributed by atoms with van der Waals surface area (Å²) < 4.78 is 1.18. The van der Waals surface area contributed by atoms with Gasteiger partial charge in [-0.25, -0.2) is 0 Å². The summed E-state index contributed by atoms with van der Waals surface area (Å²) in [7, 11) is 0.